The van der Waals surface area contributed by atoms with Gasteiger partial charge in [0.25, 0.3) is 0 Å². The van der Waals surface area contributed by atoms with Crippen LogP contribution in [0.4, 0.5) is 0 Å². The van der Waals surface area contributed by atoms with E-state index in [2.05, 4.69) is 31.0 Å². The van der Waals surface area contributed by atoms with E-state index in [-0.39, 0.29) is 4.90 Å². The number of benzene rings is 1. The van der Waals surface area contributed by atoms with E-state index in [0.717, 1.165) is 4.47 Å². The van der Waals surface area contributed by atoms with Crippen molar-refractivity contribution in [2.45, 2.75) is 17.9 Å². The number of hydrogen-bond acceptors (Lipinski definition) is 4. The minimum Gasteiger partial charge on any atom is -0.253 e. The number of hydrogen-bond donors (Lipinski definition) is 1. The van der Waals surface area contributed by atoms with Gasteiger partial charge in [-0.3, -0.25) is 4.68 Å². The first-order chi connectivity index (χ1) is 9.08. The fourth-order valence-electron chi connectivity index (χ4n) is 1.52. The number of halogens is 1. The first kappa shape index (κ1) is 14.2. The van der Waals surface area contributed by atoms with Crippen LogP contribution in [0, 0.1) is 0 Å². The predicted molar refractivity (Wildman–Crippen MR) is 74.0 cm³/mol. The zero-order valence-corrected chi connectivity index (χ0v) is 12.4. The topological polar surface area (TPSA) is 76.9 Å². The van der Waals surface area contributed by atoms with E-state index in [9.17, 15) is 8.42 Å². The van der Waals surface area contributed by atoms with Crippen molar-refractivity contribution in [2.24, 2.45) is 0 Å². The molecule has 0 atom stereocenters. The molecule has 6 nitrogen and oxygen atoms in total. The highest BCUT2D eigenvalue weighted by atomic mass is 79.9. The van der Waals surface area contributed by atoms with Crippen molar-refractivity contribution >= 4 is 26.0 Å². The van der Waals surface area contributed by atoms with Gasteiger partial charge in [-0.05, 0) is 24.6 Å². The Hall–Kier alpha value is -1.25. The van der Waals surface area contributed by atoms with Crippen LogP contribution < -0.4 is 4.72 Å². The van der Waals surface area contributed by atoms with E-state index in [4.69, 9.17) is 0 Å². The summed E-state index contributed by atoms with van der Waals surface area (Å²) in [6, 6.07) is 6.60. The lowest BCUT2D eigenvalue weighted by Crippen LogP contribution is -2.25. The van der Waals surface area contributed by atoms with Crippen molar-refractivity contribution in [1.29, 1.82) is 0 Å². The normalized spacial score (nSPS) is 11.6. The summed E-state index contributed by atoms with van der Waals surface area (Å²) in [5, 5.41) is 7.48. The van der Waals surface area contributed by atoms with Crippen molar-refractivity contribution in [1.82, 2.24) is 19.7 Å². The molecule has 1 heterocycles. The molecule has 19 heavy (non-hydrogen) atoms. The van der Waals surface area contributed by atoms with Crippen molar-refractivity contribution in [3.05, 3.63) is 41.1 Å². The summed E-state index contributed by atoms with van der Waals surface area (Å²) >= 11 is 3.25. The smallest absolute Gasteiger partial charge is 0.240 e. The number of aromatic nitrogens is 3. The summed E-state index contributed by atoms with van der Waals surface area (Å²) in [5.74, 6) is 0. The lowest BCUT2D eigenvalue weighted by molar-refractivity contribution is 0.542. The van der Waals surface area contributed by atoms with Gasteiger partial charge in [0.1, 0.15) is 0 Å². The molecular formula is C11H13BrN4O2S. The molecule has 1 aromatic heterocycles. The van der Waals surface area contributed by atoms with E-state index in [0.29, 0.717) is 19.5 Å². The first-order valence-electron chi connectivity index (χ1n) is 5.67. The molecule has 1 aromatic carbocycles. The van der Waals surface area contributed by atoms with Crippen LogP contribution in [0.25, 0.3) is 0 Å². The number of sulfonamides is 1. The summed E-state index contributed by atoms with van der Waals surface area (Å²) in [6.07, 6.45) is 3.98. The summed E-state index contributed by atoms with van der Waals surface area (Å²) in [4.78, 5) is 0.252. The van der Waals surface area contributed by atoms with Gasteiger partial charge in [-0.1, -0.05) is 27.2 Å². The number of aryl methyl sites for hydroxylation is 1. The maximum atomic E-state index is 12.0. The van der Waals surface area contributed by atoms with Gasteiger partial charge in [0, 0.05) is 23.8 Å². The highest BCUT2D eigenvalue weighted by Gasteiger charge is 2.13. The second kappa shape index (κ2) is 6.27. The van der Waals surface area contributed by atoms with Crippen LogP contribution >= 0.6 is 15.9 Å². The minimum absolute atomic E-state index is 0.252. The molecule has 2 rings (SSSR count). The van der Waals surface area contributed by atoms with Crippen molar-refractivity contribution in [3.63, 3.8) is 0 Å². The molecule has 0 saturated heterocycles. The van der Waals surface area contributed by atoms with Crippen molar-refractivity contribution in [3.8, 4) is 0 Å². The second-order valence-corrected chi connectivity index (χ2v) is 6.56. The van der Waals surface area contributed by atoms with E-state index in [1.807, 2.05) is 0 Å². The molecule has 0 fully saturated rings. The Kier molecular flexibility index (Phi) is 4.67. The monoisotopic (exact) mass is 344 g/mol. The first-order valence-corrected chi connectivity index (χ1v) is 7.95. The van der Waals surface area contributed by atoms with Crippen LogP contribution in [0.2, 0.25) is 0 Å². The quantitative estimate of drug-likeness (QED) is 0.803. The van der Waals surface area contributed by atoms with E-state index >= 15 is 0 Å². The molecule has 0 amide bonds. The largest absolute Gasteiger partial charge is 0.253 e. The van der Waals surface area contributed by atoms with Crippen molar-refractivity contribution < 1.29 is 8.42 Å². The molecule has 0 aliphatic heterocycles. The lowest BCUT2D eigenvalue weighted by Gasteiger charge is -2.07. The maximum absolute atomic E-state index is 12.0. The number of nitrogens with zero attached hydrogens (tertiary/aromatic N) is 3. The van der Waals surface area contributed by atoms with Gasteiger partial charge >= 0.3 is 0 Å². The molecule has 0 bridgehead atoms. The zero-order valence-electron chi connectivity index (χ0n) is 10.0. The molecule has 2 aromatic rings. The average molecular weight is 345 g/mol. The second-order valence-electron chi connectivity index (χ2n) is 3.87. The Bertz CT molecular complexity index is 628. The van der Waals surface area contributed by atoms with Crippen LogP contribution in [-0.4, -0.2) is 30.0 Å². The fourth-order valence-corrected chi connectivity index (χ4v) is 3.19. The van der Waals surface area contributed by atoms with Crippen LogP contribution in [0.15, 0.2) is 46.0 Å². The number of rotatable bonds is 6. The molecular weight excluding hydrogens is 332 g/mol. The third kappa shape index (κ3) is 4.12. The molecule has 0 unspecified atom stereocenters. The molecule has 0 saturated carbocycles. The van der Waals surface area contributed by atoms with E-state index < -0.39 is 10.0 Å². The average Bonchev–Trinajstić information content (AvgIpc) is 2.88. The molecule has 0 aliphatic rings. The minimum atomic E-state index is -3.45. The van der Waals surface area contributed by atoms with Gasteiger partial charge in [-0.15, -0.1) is 5.10 Å². The van der Waals surface area contributed by atoms with Gasteiger partial charge < -0.3 is 0 Å². The predicted octanol–water partition coefficient (Wildman–Crippen LogP) is 1.41. The van der Waals surface area contributed by atoms with Gasteiger partial charge in [-0.25, -0.2) is 13.1 Å². The Morgan fingerprint density at radius 1 is 1.37 bits per heavy atom. The molecule has 8 heteroatoms. The Morgan fingerprint density at radius 3 is 2.89 bits per heavy atom. The van der Waals surface area contributed by atoms with E-state index in [1.165, 1.54) is 0 Å². The molecule has 0 aliphatic carbocycles. The third-order valence-corrected chi connectivity index (χ3v) is 4.39. The zero-order chi connectivity index (χ0) is 13.7. The standard InChI is InChI=1S/C11H13BrN4O2S/c12-10-3-1-4-11(9-10)19(17,18)14-5-2-7-16-8-6-13-15-16/h1,3-4,6,8-9,14H,2,5,7H2. The molecule has 102 valence electrons. The highest BCUT2D eigenvalue weighted by molar-refractivity contribution is 9.10. The summed E-state index contributed by atoms with van der Waals surface area (Å²) in [5.41, 5.74) is 0. The van der Waals surface area contributed by atoms with Gasteiger partial charge in [0.05, 0.1) is 11.1 Å². The fraction of sp³-hybridized carbons (Fsp3) is 0.273. The lowest BCUT2D eigenvalue weighted by atomic mass is 10.4. The molecule has 0 spiro atoms. The van der Waals surface area contributed by atoms with Gasteiger partial charge in [0.2, 0.25) is 10.0 Å². The third-order valence-electron chi connectivity index (χ3n) is 2.43. The summed E-state index contributed by atoms with van der Waals surface area (Å²) in [7, 11) is -3.45. The van der Waals surface area contributed by atoms with Gasteiger partial charge in [0.15, 0.2) is 0 Å². The SMILES string of the molecule is O=S(=O)(NCCCn1ccnn1)c1cccc(Br)c1. The Morgan fingerprint density at radius 2 is 2.21 bits per heavy atom. The molecule has 1 N–H and O–H groups in total. The van der Waals surface area contributed by atoms with Crippen molar-refractivity contribution in [2.75, 3.05) is 6.54 Å². The van der Waals surface area contributed by atoms with Crippen LogP contribution in [0.5, 0.6) is 0 Å². The Labute approximate surface area is 120 Å². The number of nitrogens with one attached hydrogen (secondary N) is 1. The van der Waals surface area contributed by atoms with Crippen LogP contribution in [0.3, 0.4) is 0 Å². The maximum Gasteiger partial charge on any atom is 0.240 e. The Balaban J connectivity index is 1.88. The summed E-state index contributed by atoms with van der Waals surface area (Å²) in [6.45, 7) is 0.982. The molecule has 0 radical (unpaired) electrons. The van der Waals surface area contributed by atoms with Gasteiger partial charge in [-0.2, -0.15) is 0 Å². The van der Waals surface area contributed by atoms with E-state index in [1.54, 1.807) is 41.3 Å². The van der Waals surface area contributed by atoms with Crippen LogP contribution in [0.1, 0.15) is 6.42 Å². The summed E-state index contributed by atoms with van der Waals surface area (Å²) < 4.78 is 28.9. The van der Waals surface area contributed by atoms with Crippen LogP contribution in [-0.2, 0) is 16.6 Å². The highest BCUT2D eigenvalue weighted by Crippen LogP contribution is 2.15.